The van der Waals surface area contributed by atoms with E-state index >= 15 is 0 Å². The molecule has 1 N–H and O–H groups in total. The van der Waals surface area contributed by atoms with Gasteiger partial charge in [-0.25, -0.2) is 9.59 Å². The number of amides is 2. The molecule has 0 unspecified atom stereocenters. The molecule has 11 heteroatoms. The number of aromatic nitrogens is 2. The fraction of sp³-hybridized carbons (Fsp3) is 0.520. The number of alkyl carbamates (subject to hydrolysis) is 1. The number of anilines is 1. The number of carbonyl (C=O) groups excluding carboxylic acids is 2. The highest BCUT2D eigenvalue weighted by atomic mass is 79.9. The van der Waals surface area contributed by atoms with Crippen LogP contribution in [0.1, 0.15) is 63.8 Å². The highest BCUT2D eigenvalue weighted by Gasteiger charge is 2.28. The largest absolute Gasteiger partial charge is 0.444 e. The lowest BCUT2D eigenvalue weighted by atomic mass is 10.1. The van der Waals surface area contributed by atoms with Crippen molar-refractivity contribution >= 4 is 66.7 Å². The van der Waals surface area contributed by atoms with Gasteiger partial charge in [0.2, 0.25) is 0 Å². The van der Waals surface area contributed by atoms with Crippen LogP contribution < -0.4 is 10.2 Å². The van der Waals surface area contributed by atoms with Crippen molar-refractivity contribution in [1.29, 1.82) is 0 Å². The first kappa shape index (κ1) is 28.3. The summed E-state index contributed by atoms with van der Waals surface area (Å²) in [5.74, 6) is 0. The minimum absolute atomic E-state index is 0.159. The molecule has 3 heterocycles. The first-order chi connectivity index (χ1) is 16.6. The number of hydrogen-bond donors (Lipinski definition) is 1. The number of ether oxygens (including phenoxy) is 2. The van der Waals surface area contributed by atoms with E-state index < -0.39 is 23.4 Å². The van der Waals surface area contributed by atoms with Gasteiger partial charge < -0.3 is 14.8 Å². The van der Waals surface area contributed by atoms with Gasteiger partial charge in [-0.1, -0.05) is 0 Å². The summed E-state index contributed by atoms with van der Waals surface area (Å²) >= 11 is 6.61. The topological polar surface area (TPSA) is 93.7 Å². The SMILES string of the molecule is Cc1c(C[C@H](C)NC(=O)OC(C)(C)C)sc2c(N(Cc3ccc(Br)s3)C(=O)OC(C)(C)C)cnnc12. The lowest BCUT2D eigenvalue weighted by Crippen LogP contribution is -2.38. The average molecular weight is 598 g/mol. The third-order valence-corrected chi connectivity index (χ3v) is 7.82. The summed E-state index contributed by atoms with van der Waals surface area (Å²) in [6.45, 7) is 15.3. The van der Waals surface area contributed by atoms with Gasteiger partial charge in [-0.15, -0.1) is 27.8 Å². The third-order valence-electron chi connectivity index (χ3n) is 4.89. The Balaban J connectivity index is 1.94. The molecule has 0 aromatic carbocycles. The van der Waals surface area contributed by atoms with Crippen LogP contribution in [0, 0.1) is 6.92 Å². The van der Waals surface area contributed by atoms with E-state index in [2.05, 4.69) is 31.4 Å². The van der Waals surface area contributed by atoms with E-state index in [-0.39, 0.29) is 6.04 Å². The first-order valence-electron chi connectivity index (χ1n) is 11.6. The normalized spacial score (nSPS) is 12.9. The van der Waals surface area contributed by atoms with Gasteiger partial charge in [0, 0.05) is 22.2 Å². The van der Waals surface area contributed by atoms with Crippen LogP contribution in [-0.2, 0) is 22.4 Å². The molecule has 3 rings (SSSR count). The Bertz CT molecular complexity index is 1240. The van der Waals surface area contributed by atoms with Crippen molar-refractivity contribution < 1.29 is 19.1 Å². The molecule has 0 radical (unpaired) electrons. The summed E-state index contributed by atoms with van der Waals surface area (Å²) in [5.41, 5.74) is 1.14. The maximum Gasteiger partial charge on any atom is 0.415 e. The summed E-state index contributed by atoms with van der Waals surface area (Å²) in [5, 5.41) is 11.5. The summed E-state index contributed by atoms with van der Waals surface area (Å²) < 4.78 is 13.0. The lowest BCUT2D eigenvalue weighted by Gasteiger charge is -2.27. The van der Waals surface area contributed by atoms with E-state index in [0.717, 1.165) is 29.3 Å². The Hall–Kier alpha value is -2.24. The summed E-state index contributed by atoms with van der Waals surface area (Å²) in [7, 11) is 0. The van der Waals surface area contributed by atoms with Crippen LogP contribution >= 0.6 is 38.6 Å². The van der Waals surface area contributed by atoms with Gasteiger partial charge in [0.1, 0.15) is 16.7 Å². The molecule has 0 bridgehead atoms. The van der Waals surface area contributed by atoms with Crippen LogP contribution in [0.2, 0.25) is 0 Å². The second-order valence-electron chi connectivity index (χ2n) is 10.6. The second kappa shape index (κ2) is 11.0. The van der Waals surface area contributed by atoms with Crippen LogP contribution in [0.25, 0.3) is 10.2 Å². The Labute approximate surface area is 228 Å². The molecule has 0 aliphatic heterocycles. The van der Waals surface area contributed by atoms with Gasteiger partial charge in [-0.2, -0.15) is 5.10 Å². The summed E-state index contributed by atoms with van der Waals surface area (Å²) in [4.78, 5) is 29.2. The van der Waals surface area contributed by atoms with E-state index in [4.69, 9.17) is 9.47 Å². The monoisotopic (exact) mass is 596 g/mol. The van der Waals surface area contributed by atoms with Crippen molar-refractivity contribution in [2.75, 3.05) is 4.90 Å². The van der Waals surface area contributed by atoms with Crippen molar-refractivity contribution in [2.45, 2.75) is 85.6 Å². The molecule has 196 valence electrons. The lowest BCUT2D eigenvalue weighted by molar-refractivity contribution is 0.0507. The van der Waals surface area contributed by atoms with Crippen molar-refractivity contribution in [1.82, 2.24) is 15.5 Å². The summed E-state index contributed by atoms with van der Waals surface area (Å²) in [6, 6.07) is 3.78. The smallest absolute Gasteiger partial charge is 0.415 e. The number of fused-ring (bicyclic) bond motifs is 1. The number of nitrogens with zero attached hydrogens (tertiary/aromatic N) is 3. The second-order valence-corrected chi connectivity index (χ2v) is 14.2. The van der Waals surface area contributed by atoms with Gasteiger partial charge in [0.25, 0.3) is 0 Å². The van der Waals surface area contributed by atoms with Crippen molar-refractivity contribution in [3.8, 4) is 0 Å². The Morgan fingerprint density at radius 3 is 2.36 bits per heavy atom. The van der Waals surface area contributed by atoms with E-state index in [1.54, 1.807) is 33.8 Å². The Morgan fingerprint density at radius 2 is 1.78 bits per heavy atom. The van der Waals surface area contributed by atoms with Gasteiger partial charge in [0.05, 0.1) is 26.9 Å². The molecular formula is C25H33BrN4O4S2. The highest BCUT2D eigenvalue weighted by Crippen LogP contribution is 2.38. The average Bonchev–Trinajstić information content (AvgIpc) is 3.26. The zero-order valence-corrected chi connectivity index (χ0v) is 25.1. The minimum atomic E-state index is -0.649. The van der Waals surface area contributed by atoms with E-state index in [1.807, 2.05) is 67.5 Å². The number of nitrogens with one attached hydrogen (secondary N) is 1. The molecule has 2 amide bonds. The molecule has 8 nitrogen and oxygen atoms in total. The van der Waals surface area contributed by atoms with Crippen molar-refractivity contribution in [2.24, 2.45) is 0 Å². The Morgan fingerprint density at radius 1 is 1.11 bits per heavy atom. The number of aryl methyl sites for hydroxylation is 1. The Kier molecular flexibility index (Phi) is 8.67. The molecule has 0 saturated carbocycles. The predicted octanol–water partition coefficient (Wildman–Crippen LogP) is 7.22. The number of halogens is 1. The van der Waals surface area contributed by atoms with Gasteiger partial charge in [-0.3, -0.25) is 4.90 Å². The quantitative estimate of drug-likeness (QED) is 0.323. The standard InChI is InChI=1S/C25H33BrN4O4S2/c1-14(28-22(31)33-24(3,4)5)11-18-15(2)20-21(36-18)17(12-27-29-20)30(23(32)34-25(6,7)8)13-16-9-10-19(26)35-16/h9-10,12,14H,11,13H2,1-8H3,(H,28,31)/t14-/m0/s1. The first-order valence-corrected chi connectivity index (χ1v) is 14.0. The molecular weight excluding hydrogens is 564 g/mol. The molecule has 0 fully saturated rings. The minimum Gasteiger partial charge on any atom is -0.444 e. The van der Waals surface area contributed by atoms with E-state index in [1.165, 1.54) is 0 Å². The zero-order valence-electron chi connectivity index (χ0n) is 21.9. The van der Waals surface area contributed by atoms with Crippen LogP contribution in [0.4, 0.5) is 15.3 Å². The molecule has 36 heavy (non-hydrogen) atoms. The number of rotatable bonds is 6. The van der Waals surface area contributed by atoms with Crippen molar-refractivity contribution in [3.63, 3.8) is 0 Å². The van der Waals surface area contributed by atoms with Gasteiger partial charge >= 0.3 is 12.2 Å². The zero-order chi connectivity index (χ0) is 26.8. The van der Waals surface area contributed by atoms with Crippen molar-refractivity contribution in [3.05, 3.63) is 37.4 Å². The van der Waals surface area contributed by atoms with E-state index in [9.17, 15) is 9.59 Å². The van der Waals surface area contributed by atoms with Crippen LogP contribution in [0.3, 0.4) is 0 Å². The molecule has 0 aliphatic rings. The number of hydrogen-bond acceptors (Lipinski definition) is 8. The highest BCUT2D eigenvalue weighted by molar-refractivity contribution is 9.11. The number of carbonyl (C=O) groups is 2. The van der Waals surface area contributed by atoms with Gasteiger partial charge in [-0.05, 0) is 89.0 Å². The molecule has 3 aromatic rings. The molecule has 0 spiro atoms. The van der Waals surface area contributed by atoms with Crippen LogP contribution in [0.15, 0.2) is 22.1 Å². The maximum absolute atomic E-state index is 13.3. The number of thiophene rings is 2. The maximum atomic E-state index is 13.3. The summed E-state index contributed by atoms with van der Waals surface area (Å²) in [6.07, 6.45) is 1.30. The fourth-order valence-corrected chi connectivity index (χ4v) is 6.29. The predicted molar refractivity (Wildman–Crippen MR) is 149 cm³/mol. The van der Waals surface area contributed by atoms with Gasteiger partial charge in [0.15, 0.2) is 0 Å². The van der Waals surface area contributed by atoms with Crippen LogP contribution in [-0.4, -0.2) is 39.6 Å². The fourth-order valence-electron chi connectivity index (χ4n) is 3.43. The molecule has 0 saturated heterocycles. The van der Waals surface area contributed by atoms with E-state index in [0.29, 0.717) is 18.7 Å². The molecule has 1 atom stereocenters. The molecule has 3 aromatic heterocycles. The third kappa shape index (κ3) is 7.63. The molecule has 0 aliphatic carbocycles. The van der Waals surface area contributed by atoms with Crippen LogP contribution in [0.5, 0.6) is 0 Å².